The molecule has 5 N–H and O–H groups in total. The number of hydrogen-bond donors (Lipinski definition) is 4. The van der Waals surface area contributed by atoms with E-state index in [4.69, 9.17) is 5.73 Å². The topological polar surface area (TPSA) is 95.8 Å². The summed E-state index contributed by atoms with van der Waals surface area (Å²) < 4.78 is 0. The molecule has 6 heteroatoms. The zero-order chi connectivity index (χ0) is 10.7. The molecule has 0 aromatic carbocycles. The Bertz CT molecular complexity index is 382. The Balaban J connectivity index is 2.09. The molecule has 1 saturated heterocycles. The second-order valence-corrected chi connectivity index (χ2v) is 3.66. The van der Waals surface area contributed by atoms with Gasteiger partial charge in [0.2, 0.25) is 0 Å². The minimum absolute atomic E-state index is 0.163. The molecule has 0 atom stereocenters. The van der Waals surface area contributed by atoms with Gasteiger partial charge >= 0.3 is 0 Å². The lowest BCUT2D eigenvalue weighted by molar-refractivity contribution is 0.478. The van der Waals surface area contributed by atoms with Gasteiger partial charge in [-0.05, 0) is 25.9 Å². The molecule has 1 aliphatic heterocycles. The minimum Gasteiger partial charge on any atom is -0.391 e. The van der Waals surface area contributed by atoms with Crippen LogP contribution in [0.1, 0.15) is 12.8 Å². The molecule has 1 fully saturated rings. The van der Waals surface area contributed by atoms with Crippen LogP contribution < -0.4 is 21.9 Å². The Morgan fingerprint density at radius 3 is 2.93 bits per heavy atom. The predicted octanol–water partition coefficient (Wildman–Crippen LogP) is -0.484. The number of aromatic amines is 1. The lowest BCUT2D eigenvalue weighted by atomic mass is 10.1. The highest BCUT2D eigenvalue weighted by atomic mass is 16.1. The molecule has 0 bridgehead atoms. The number of H-pyrrole nitrogens is 1. The monoisotopic (exact) mass is 209 g/mol. The Hall–Kier alpha value is -1.56. The number of rotatable bonds is 2. The summed E-state index contributed by atoms with van der Waals surface area (Å²) in [6.07, 6.45) is 3.41. The van der Waals surface area contributed by atoms with Crippen molar-refractivity contribution in [2.45, 2.75) is 18.9 Å². The van der Waals surface area contributed by atoms with E-state index in [-0.39, 0.29) is 11.2 Å². The van der Waals surface area contributed by atoms with Crippen LogP contribution in [0.2, 0.25) is 0 Å². The van der Waals surface area contributed by atoms with E-state index >= 15 is 0 Å². The van der Waals surface area contributed by atoms with Crippen LogP contribution in [0.15, 0.2) is 11.1 Å². The summed E-state index contributed by atoms with van der Waals surface area (Å²) in [4.78, 5) is 17.7. The van der Waals surface area contributed by atoms with Gasteiger partial charge in [-0.1, -0.05) is 0 Å². The van der Waals surface area contributed by atoms with Gasteiger partial charge < -0.3 is 21.4 Å². The summed E-state index contributed by atoms with van der Waals surface area (Å²) in [7, 11) is 0. The molecule has 1 aromatic rings. The number of nitrogen functional groups attached to an aromatic ring is 1. The number of nitrogens with one attached hydrogen (secondary N) is 3. The van der Waals surface area contributed by atoms with Crippen molar-refractivity contribution in [2.75, 3.05) is 24.1 Å². The fourth-order valence-corrected chi connectivity index (χ4v) is 1.68. The largest absolute Gasteiger partial charge is 0.391 e. The summed E-state index contributed by atoms with van der Waals surface area (Å²) in [5.41, 5.74) is 5.49. The Kier molecular flexibility index (Phi) is 2.86. The molecule has 2 rings (SSSR count). The first-order chi connectivity index (χ1) is 7.27. The number of piperidine rings is 1. The van der Waals surface area contributed by atoms with Gasteiger partial charge in [0.1, 0.15) is 5.69 Å². The summed E-state index contributed by atoms with van der Waals surface area (Å²) >= 11 is 0. The molecule has 0 radical (unpaired) electrons. The molecular weight excluding hydrogens is 194 g/mol. The normalized spacial score (nSPS) is 17.6. The molecule has 1 aliphatic rings. The van der Waals surface area contributed by atoms with E-state index in [2.05, 4.69) is 20.6 Å². The number of hydrogen-bond acceptors (Lipinski definition) is 5. The van der Waals surface area contributed by atoms with Gasteiger partial charge in [0, 0.05) is 6.04 Å². The lowest BCUT2D eigenvalue weighted by Gasteiger charge is -2.24. The molecule has 0 saturated carbocycles. The van der Waals surface area contributed by atoms with E-state index in [1.54, 1.807) is 0 Å². The SMILES string of the molecule is Nc1c(NC2CCNCC2)nc[nH]c1=O. The molecule has 6 nitrogen and oxygen atoms in total. The summed E-state index contributed by atoms with van der Waals surface area (Å²) in [5.74, 6) is 0.491. The van der Waals surface area contributed by atoms with Crippen molar-refractivity contribution >= 4 is 11.5 Å². The second kappa shape index (κ2) is 4.31. The summed E-state index contributed by atoms with van der Waals surface area (Å²) in [6, 6.07) is 0.350. The average molecular weight is 209 g/mol. The predicted molar refractivity (Wildman–Crippen MR) is 58.8 cm³/mol. The van der Waals surface area contributed by atoms with Gasteiger partial charge in [0.15, 0.2) is 5.82 Å². The van der Waals surface area contributed by atoms with Crippen molar-refractivity contribution in [3.8, 4) is 0 Å². The summed E-state index contributed by atoms with van der Waals surface area (Å²) in [5, 5.41) is 6.46. The average Bonchev–Trinajstić information content (AvgIpc) is 2.26. The van der Waals surface area contributed by atoms with Crippen molar-refractivity contribution in [3.63, 3.8) is 0 Å². The Morgan fingerprint density at radius 1 is 1.47 bits per heavy atom. The van der Waals surface area contributed by atoms with E-state index < -0.39 is 0 Å². The molecule has 1 aromatic heterocycles. The highest BCUT2D eigenvalue weighted by Crippen LogP contribution is 2.13. The third kappa shape index (κ3) is 2.27. The first kappa shape index (κ1) is 9.97. The van der Waals surface area contributed by atoms with E-state index in [1.165, 1.54) is 6.33 Å². The maximum Gasteiger partial charge on any atom is 0.276 e. The first-order valence-corrected chi connectivity index (χ1v) is 5.08. The standard InChI is InChI=1S/C9H15N5O/c10-7-8(12-5-13-9(7)15)14-6-1-3-11-4-2-6/h5-6,11H,1-4,10H2,(H2,12,13,14,15). The van der Waals surface area contributed by atoms with Crippen LogP contribution in [0.5, 0.6) is 0 Å². The quantitative estimate of drug-likeness (QED) is 0.527. The van der Waals surface area contributed by atoms with Crippen molar-refractivity contribution in [1.29, 1.82) is 0 Å². The summed E-state index contributed by atoms with van der Waals surface area (Å²) in [6.45, 7) is 1.97. The fourth-order valence-electron chi connectivity index (χ4n) is 1.68. The van der Waals surface area contributed by atoms with Crippen molar-refractivity contribution < 1.29 is 0 Å². The maximum absolute atomic E-state index is 11.2. The molecule has 0 amide bonds. The van der Waals surface area contributed by atoms with Crippen molar-refractivity contribution in [3.05, 3.63) is 16.7 Å². The van der Waals surface area contributed by atoms with Crippen LogP contribution in [0, 0.1) is 0 Å². The third-order valence-electron chi connectivity index (χ3n) is 2.57. The molecule has 15 heavy (non-hydrogen) atoms. The smallest absolute Gasteiger partial charge is 0.276 e. The van der Waals surface area contributed by atoms with Gasteiger partial charge in [-0.3, -0.25) is 4.79 Å². The van der Waals surface area contributed by atoms with Crippen LogP contribution in [0.3, 0.4) is 0 Å². The van der Waals surface area contributed by atoms with E-state index in [0.29, 0.717) is 11.9 Å². The molecular formula is C9H15N5O. The number of aromatic nitrogens is 2. The molecule has 82 valence electrons. The van der Waals surface area contributed by atoms with Gasteiger partial charge in [-0.25, -0.2) is 4.98 Å². The van der Waals surface area contributed by atoms with E-state index in [9.17, 15) is 4.79 Å². The first-order valence-electron chi connectivity index (χ1n) is 5.08. The molecule has 0 aliphatic carbocycles. The van der Waals surface area contributed by atoms with E-state index in [1.807, 2.05) is 0 Å². The van der Waals surface area contributed by atoms with Gasteiger partial charge in [-0.2, -0.15) is 0 Å². The Morgan fingerprint density at radius 2 is 2.20 bits per heavy atom. The van der Waals surface area contributed by atoms with Crippen molar-refractivity contribution in [1.82, 2.24) is 15.3 Å². The molecule has 2 heterocycles. The fraction of sp³-hybridized carbons (Fsp3) is 0.556. The van der Waals surface area contributed by atoms with E-state index in [0.717, 1.165) is 25.9 Å². The number of nitrogens with zero attached hydrogens (tertiary/aromatic N) is 1. The maximum atomic E-state index is 11.2. The Labute approximate surface area is 87.3 Å². The van der Waals surface area contributed by atoms with Gasteiger partial charge in [0.25, 0.3) is 5.56 Å². The van der Waals surface area contributed by atoms with Crippen LogP contribution >= 0.6 is 0 Å². The highest BCUT2D eigenvalue weighted by Gasteiger charge is 2.14. The van der Waals surface area contributed by atoms with Crippen LogP contribution in [-0.4, -0.2) is 29.1 Å². The lowest BCUT2D eigenvalue weighted by Crippen LogP contribution is -2.36. The molecule has 0 spiro atoms. The number of anilines is 2. The number of nitrogens with two attached hydrogens (primary N) is 1. The zero-order valence-corrected chi connectivity index (χ0v) is 8.42. The third-order valence-corrected chi connectivity index (χ3v) is 2.57. The minimum atomic E-state index is -0.290. The second-order valence-electron chi connectivity index (χ2n) is 3.66. The highest BCUT2D eigenvalue weighted by molar-refractivity contribution is 5.59. The van der Waals surface area contributed by atoms with Gasteiger partial charge in [0.05, 0.1) is 6.33 Å². The molecule has 0 unspecified atom stereocenters. The van der Waals surface area contributed by atoms with Crippen molar-refractivity contribution in [2.24, 2.45) is 0 Å². The van der Waals surface area contributed by atoms with Crippen LogP contribution in [0.25, 0.3) is 0 Å². The van der Waals surface area contributed by atoms with Crippen LogP contribution in [-0.2, 0) is 0 Å². The van der Waals surface area contributed by atoms with Gasteiger partial charge in [-0.15, -0.1) is 0 Å². The van der Waals surface area contributed by atoms with Crippen LogP contribution in [0.4, 0.5) is 11.5 Å². The zero-order valence-electron chi connectivity index (χ0n) is 8.42.